The SMILES string of the molecule is CCn1c(=O)c2cccn2c2ccc(C)cc21. The quantitative estimate of drug-likeness (QED) is 0.626. The van der Waals surface area contributed by atoms with Crippen LogP contribution in [0.2, 0.25) is 0 Å². The highest BCUT2D eigenvalue weighted by molar-refractivity contribution is 5.79. The van der Waals surface area contributed by atoms with E-state index in [0.29, 0.717) is 6.54 Å². The van der Waals surface area contributed by atoms with E-state index in [4.69, 9.17) is 0 Å². The van der Waals surface area contributed by atoms with Gasteiger partial charge in [0.15, 0.2) is 0 Å². The second-order valence-corrected chi connectivity index (χ2v) is 4.31. The van der Waals surface area contributed by atoms with Crippen LogP contribution >= 0.6 is 0 Å². The van der Waals surface area contributed by atoms with Crippen LogP contribution in [0.1, 0.15) is 12.5 Å². The molecule has 3 aromatic rings. The Bertz CT molecular complexity index is 765. The lowest BCUT2D eigenvalue weighted by atomic mass is 10.2. The van der Waals surface area contributed by atoms with Gasteiger partial charge in [0.1, 0.15) is 5.52 Å². The zero-order chi connectivity index (χ0) is 12.0. The van der Waals surface area contributed by atoms with Crippen LogP contribution in [0, 0.1) is 6.92 Å². The molecule has 0 saturated heterocycles. The Balaban J connectivity index is 2.66. The molecule has 0 radical (unpaired) electrons. The number of nitrogens with zero attached hydrogens (tertiary/aromatic N) is 2. The molecule has 0 bridgehead atoms. The maximum absolute atomic E-state index is 12.3. The molecule has 86 valence electrons. The first kappa shape index (κ1) is 10.1. The van der Waals surface area contributed by atoms with E-state index in [2.05, 4.69) is 18.2 Å². The number of benzene rings is 1. The van der Waals surface area contributed by atoms with E-state index in [9.17, 15) is 4.79 Å². The third-order valence-corrected chi connectivity index (χ3v) is 3.21. The van der Waals surface area contributed by atoms with Crippen LogP contribution in [0.25, 0.3) is 16.6 Å². The van der Waals surface area contributed by atoms with Gasteiger partial charge in [-0.05, 0) is 43.7 Å². The molecule has 0 N–H and O–H groups in total. The fraction of sp³-hybridized carbons (Fsp3) is 0.214. The third-order valence-electron chi connectivity index (χ3n) is 3.21. The van der Waals surface area contributed by atoms with Gasteiger partial charge in [-0.25, -0.2) is 0 Å². The highest BCUT2D eigenvalue weighted by atomic mass is 16.1. The molecule has 3 rings (SSSR count). The fourth-order valence-electron chi connectivity index (χ4n) is 2.38. The summed E-state index contributed by atoms with van der Waals surface area (Å²) in [4.78, 5) is 12.3. The molecule has 1 aromatic carbocycles. The highest BCUT2D eigenvalue weighted by Crippen LogP contribution is 2.16. The summed E-state index contributed by atoms with van der Waals surface area (Å²) in [6.45, 7) is 4.74. The van der Waals surface area contributed by atoms with Gasteiger partial charge in [0.05, 0.1) is 11.0 Å². The Hall–Kier alpha value is -2.03. The van der Waals surface area contributed by atoms with Gasteiger partial charge >= 0.3 is 0 Å². The molecule has 0 atom stereocenters. The highest BCUT2D eigenvalue weighted by Gasteiger charge is 2.08. The van der Waals surface area contributed by atoms with Crippen LogP contribution in [0.4, 0.5) is 0 Å². The van der Waals surface area contributed by atoms with Gasteiger partial charge < -0.3 is 8.97 Å². The molecular formula is C14H14N2O. The van der Waals surface area contributed by atoms with Crippen molar-refractivity contribution in [2.24, 2.45) is 0 Å². The normalized spacial score (nSPS) is 11.4. The largest absolute Gasteiger partial charge is 0.310 e. The molecule has 0 spiro atoms. The molecule has 2 aromatic heterocycles. The van der Waals surface area contributed by atoms with Crippen molar-refractivity contribution in [2.75, 3.05) is 0 Å². The Morgan fingerprint density at radius 3 is 2.71 bits per heavy atom. The molecule has 0 aliphatic rings. The summed E-state index contributed by atoms with van der Waals surface area (Å²) >= 11 is 0. The molecule has 3 heteroatoms. The minimum absolute atomic E-state index is 0.0793. The van der Waals surface area contributed by atoms with Crippen molar-refractivity contribution in [3.05, 3.63) is 52.4 Å². The predicted molar refractivity (Wildman–Crippen MR) is 69.6 cm³/mol. The predicted octanol–water partition coefficient (Wildman–Crippen LogP) is 2.58. The number of hydrogen-bond donors (Lipinski definition) is 0. The summed E-state index contributed by atoms with van der Waals surface area (Å²) in [5.41, 5.74) is 4.07. The van der Waals surface area contributed by atoms with Crippen LogP contribution < -0.4 is 5.56 Å². The second-order valence-electron chi connectivity index (χ2n) is 4.31. The van der Waals surface area contributed by atoms with Gasteiger partial charge in [0.25, 0.3) is 5.56 Å². The average Bonchev–Trinajstić information content (AvgIpc) is 2.79. The van der Waals surface area contributed by atoms with E-state index in [-0.39, 0.29) is 5.56 Å². The molecule has 0 aliphatic carbocycles. The molecule has 0 fully saturated rings. The van der Waals surface area contributed by atoms with Gasteiger partial charge in [-0.2, -0.15) is 0 Å². The minimum atomic E-state index is 0.0793. The van der Waals surface area contributed by atoms with Crippen molar-refractivity contribution < 1.29 is 0 Å². The first-order valence-corrected chi connectivity index (χ1v) is 5.82. The summed E-state index contributed by atoms with van der Waals surface area (Å²) in [7, 11) is 0. The van der Waals surface area contributed by atoms with Gasteiger partial charge in [0.2, 0.25) is 0 Å². The number of aromatic nitrogens is 2. The zero-order valence-corrected chi connectivity index (χ0v) is 9.97. The summed E-state index contributed by atoms with van der Waals surface area (Å²) in [5, 5.41) is 0. The third kappa shape index (κ3) is 1.32. The zero-order valence-electron chi connectivity index (χ0n) is 9.97. The Kier molecular flexibility index (Phi) is 2.08. The first-order chi connectivity index (χ1) is 8.22. The van der Waals surface area contributed by atoms with Gasteiger partial charge in [-0.1, -0.05) is 6.07 Å². The van der Waals surface area contributed by atoms with Crippen LogP contribution in [0.3, 0.4) is 0 Å². The lowest BCUT2D eigenvalue weighted by Gasteiger charge is -2.11. The maximum atomic E-state index is 12.3. The number of aryl methyl sites for hydroxylation is 2. The molecule has 0 amide bonds. The maximum Gasteiger partial charge on any atom is 0.275 e. The first-order valence-electron chi connectivity index (χ1n) is 5.82. The smallest absolute Gasteiger partial charge is 0.275 e. The molecule has 3 nitrogen and oxygen atoms in total. The van der Waals surface area contributed by atoms with E-state index in [1.165, 1.54) is 5.56 Å². The van der Waals surface area contributed by atoms with Gasteiger partial charge in [-0.3, -0.25) is 4.79 Å². The fourth-order valence-corrected chi connectivity index (χ4v) is 2.38. The summed E-state index contributed by atoms with van der Waals surface area (Å²) in [6.07, 6.45) is 1.94. The molecule has 0 saturated carbocycles. The van der Waals surface area contributed by atoms with E-state index < -0.39 is 0 Å². The van der Waals surface area contributed by atoms with Crippen LogP contribution in [0.15, 0.2) is 41.3 Å². The Morgan fingerprint density at radius 2 is 1.94 bits per heavy atom. The van der Waals surface area contributed by atoms with Crippen molar-refractivity contribution in [2.45, 2.75) is 20.4 Å². The van der Waals surface area contributed by atoms with E-state index in [1.807, 2.05) is 41.1 Å². The molecule has 2 heterocycles. The average molecular weight is 226 g/mol. The van der Waals surface area contributed by atoms with Crippen molar-refractivity contribution in [1.82, 2.24) is 8.97 Å². The van der Waals surface area contributed by atoms with Crippen molar-refractivity contribution in [3.63, 3.8) is 0 Å². The Labute approximate surface area is 98.9 Å². The van der Waals surface area contributed by atoms with Crippen molar-refractivity contribution >= 4 is 16.6 Å². The number of fused-ring (bicyclic) bond motifs is 3. The Morgan fingerprint density at radius 1 is 1.12 bits per heavy atom. The molecular weight excluding hydrogens is 212 g/mol. The van der Waals surface area contributed by atoms with Gasteiger partial charge in [0, 0.05) is 12.7 Å². The van der Waals surface area contributed by atoms with Crippen LogP contribution in [0.5, 0.6) is 0 Å². The van der Waals surface area contributed by atoms with E-state index in [0.717, 1.165) is 16.6 Å². The number of rotatable bonds is 1. The topological polar surface area (TPSA) is 26.4 Å². The second kappa shape index (κ2) is 3.48. The van der Waals surface area contributed by atoms with Crippen LogP contribution in [-0.2, 0) is 6.54 Å². The lowest BCUT2D eigenvalue weighted by molar-refractivity contribution is 0.758. The van der Waals surface area contributed by atoms with Crippen molar-refractivity contribution in [1.29, 1.82) is 0 Å². The molecule has 0 unspecified atom stereocenters. The molecule has 17 heavy (non-hydrogen) atoms. The summed E-state index contributed by atoms with van der Waals surface area (Å²) < 4.78 is 3.79. The molecule has 0 aliphatic heterocycles. The van der Waals surface area contributed by atoms with Gasteiger partial charge in [-0.15, -0.1) is 0 Å². The minimum Gasteiger partial charge on any atom is -0.310 e. The van der Waals surface area contributed by atoms with Crippen LogP contribution in [-0.4, -0.2) is 8.97 Å². The lowest BCUT2D eigenvalue weighted by Crippen LogP contribution is -2.21. The summed E-state index contributed by atoms with van der Waals surface area (Å²) in [5.74, 6) is 0. The standard InChI is InChI=1S/C14H14N2O/c1-3-15-13-9-10(2)6-7-11(13)16-8-4-5-12(16)14(15)17/h4-9H,3H2,1-2H3. The van der Waals surface area contributed by atoms with E-state index >= 15 is 0 Å². The van der Waals surface area contributed by atoms with E-state index in [1.54, 1.807) is 0 Å². The monoisotopic (exact) mass is 226 g/mol. The van der Waals surface area contributed by atoms with Crippen molar-refractivity contribution in [3.8, 4) is 0 Å². The number of hydrogen-bond acceptors (Lipinski definition) is 1. The summed E-state index contributed by atoms with van der Waals surface area (Å²) in [6, 6.07) is 10.00.